The quantitative estimate of drug-likeness (QED) is 0.584. The SMILES string of the molecule is CC(C)NC(=O)[C@@]1(OCc2ccccc2F)C[C@@H](OCc2ccccc2C#N)[C@@H]2OC(C)(C)O[C@@H]2C1. The van der Waals surface area contributed by atoms with Gasteiger partial charge in [0.15, 0.2) is 11.4 Å². The second-order valence-corrected chi connectivity index (χ2v) is 10.2. The van der Waals surface area contributed by atoms with Crippen molar-refractivity contribution < 1.29 is 28.1 Å². The summed E-state index contributed by atoms with van der Waals surface area (Å²) in [6, 6.07) is 15.6. The van der Waals surface area contributed by atoms with Crippen molar-refractivity contribution in [1.82, 2.24) is 5.32 Å². The van der Waals surface area contributed by atoms with Gasteiger partial charge in [0.1, 0.15) is 11.9 Å². The molecular formula is C28H33FN2O5. The molecule has 4 atom stereocenters. The van der Waals surface area contributed by atoms with Crippen LogP contribution in [0.25, 0.3) is 0 Å². The van der Waals surface area contributed by atoms with Gasteiger partial charge >= 0.3 is 0 Å². The minimum Gasteiger partial charge on any atom is -0.371 e. The Bertz CT molecular complexity index is 1130. The Labute approximate surface area is 211 Å². The third-order valence-corrected chi connectivity index (χ3v) is 6.54. The van der Waals surface area contributed by atoms with Crippen LogP contribution in [0.4, 0.5) is 4.39 Å². The number of rotatable bonds is 8. The summed E-state index contributed by atoms with van der Waals surface area (Å²) in [5.41, 5.74) is 0.301. The molecule has 1 amide bonds. The number of nitriles is 1. The second kappa shape index (κ2) is 10.7. The summed E-state index contributed by atoms with van der Waals surface area (Å²) in [5, 5.41) is 12.4. The average molecular weight is 497 g/mol. The minimum atomic E-state index is -1.32. The van der Waals surface area contributed by atoms with Gasteiger partial charge in [-0.3, -0.25) is 4.79 Å². The molecule has 192 valence electrons. The average Bonchev–Trinajstić information content (AvgIpc) is 3.15. The molecule has 1 saturated heterocycles. The molecule has 36 heavy (non-hydrogen) atoms. The number of hydrogen-bond donors (Lipinski definition) is 1. The van der Waals surface area contributed by atoms with Gasteiger partial charge in [-0.15, -0.1) is 0 Å². The molecule has 0 spiro atoms. The fraction of sp³-hybridized carbons (Fsp3) is 0.500. The molecule has 0 aromatic heterocycles. The van der Waals surface area contributed by atoms with Crippen molar-refractivity contribution in [2.75, 3.05) is 0 Å². The Balaban J connectivity index is 1.63. The van der Waals surface area contributed by atoms with Gasteiger partial charge < -0.3 is 24.3 Å². The topological polar surface area (TPSA) is 89.8 Å². The van der Waals surface area contributed by atoms with E-state index in [0.29, 0.717) is 11.1 Å². The molecule has 1 heterocycles. The van der Waals surface area contributed by atoms with E-state index in [1.54, 1.807) is 30.3 Å². The summed E-state index contributed by atoms with van der Waals surface area (Å²) in [7, 11) is 0. The molecule has 1 N–H and O–H groups in total. The maximum atomic E-state index is 14.4. The first-order chi connectivity index (χ1) is 17.1. The Morgan fingerprint density at radius 3 is 2.50 bits per heavy atom. The van der Waals surface area contributed by atoms with Crippen LogP contribution in [0.2, 0.25) is 0 Å². The van der Waals surface area contributed by atoms with Gasteiger partial charge in [-0.05, 0) is 45.4 Å². The van der Waals surface area contributed by atoms with E-state index in [9.17, 15) is 14.4 Å². The number of amides is 1. The van der Waals surface area contributed by atoms with Crippen molar-refractivity contribution in [3.63, 3.8) is 0 Å². The van der Waals surface area contributed by atoms with Crippen molar-refractivity contribution in [3.05, 3.63) is 71.0 Å². The van der Waals surface area contributed by atoms with Crippen LogP contribution in [0.1, 0.15) is 57.2 Å². The van der Waals surface area contributed by atoms with Crippen molar-refractivity contribution >= 4 is 5.91 Å². The van der Waals surface area contributed by atoms with Crippen LogP contribution in [0.3, 0.4) is 0 Å². The molecule has 2 aliphatic rings. The van der Waals surface area contributed by atoms with Gasteiger partial charge in [0.05, 0.1) is 37.1 Å². The van der Waals surface area contributed by atoms with Gasteiger partial charge in [-0.2, -0.15) is 5.26 Å². The number of hydrogen-bond acceptors (Lipinski definition) is 6. The summed E-state index contributed by atoms with van der Waals surface area (Å²) in [6.45, 7) is 7.48. The third-order valence-electron chi connectivity index (χ3n) is 6.54. The smallest absolute Gasteiger partial charge is 0.252 e. The van der Waals surface area contributed by atoms with Crippen LogP contribution in [0, 0.1) is 17.1 Å². The Hall–Kier alpha value is -2.83. The zero-order valence-electron chi connectivity index (χ0n) is 21.1. The monoisotopic (exact) mass is 496 g/mol. The lowest BCUT2D eigenvalue weighted by Gasteiger charge is -2.43. The summed E-state index contributed by atoms with van der Waals surface area (Å²) < 4.78 is 39.3. The molecule has 0 radical (unpaired) electrons. The van der Waals surface area contributed by atoms with Gasteiger partial charge in [0, 0.05) is 24.4 Å². The highest BCUT2D eigenvalue weighted by molar-refractivity contribution is 5.85. The molecular weight excluding hydrogens is 463 g/mol. The van der Waals surface area contributed by atoms with E-state index in [-0.39, 0.29) is 38.0 Å². The van der Waals surface area contributed by atoms with Crippen LogP contribution < -0.4 is 5.32 Å². The van der Waals surface area contributed by atoms with Crippen LogP contribution in [0.15, 0.2) is 48.5 Å². The van der Waals surface area contributed by atoms with Gasteiger partial charge in [-0.1, -0.05) is 36.4 Å². The fourth-order valence-corrected chi connectivity index (χ4v) is 4.89. The summed E-state index contributed by atoms with van der Waals surface area (Å²) in [6.07, 6.45) is -1.02. The Morgan fingerprint density at radius 2 is 1.81 bits per heavy atom. The first-order valence-electron chi connectivity index (χ1n) is 12.3. The van der Waals surface area contributed by atoms with E-state index in [4.69, 9.17) is 18.9 Å². The second-order valence-electron chi connectivity index (χ2n) is 10.2. The molecule has 1 aliphatic heterocycles. The van der Waals surface area contributed by atoms with E-state index in [0.717, 1.165) is 5.56 Å². The number of halogens is 1. The predicted molar refractivity (Wildman–Crippen MR) is 130 cm³/mol. The summed E-state index contributed by atoms with van der Waals surface area (Å²) in [4.78, 5) is 13.6. The largest absolute Gasteiger partial charge is 0.371 e. The summed E-state index contributed by atoms with van der Waals surface area (Å²) >= 11 is 0. The van der Waals surface area contributed by atoms with E-state index >= 15 is 0 Å². The highest BCUT2D eigenvalue weighted by atomic mass is 19.1. The standard InChI is InChI=1S/C28H33FN2O5/c1-18(2)31-26(32)28(34-17-21-11-7-8-12-22(21)29)13-23(25-24(14-28)35-27(3,4)36-25)33-16-20-10-6-5-9-19(20)15-30/h5-12,18,23-25H,13-14,16-17H2,1-4H3,(H,31,32)/t23-,24-,25+,28-/m1/s1. The van der Waals surface area contributed by atoms with Crippen molar-refractivity contribution in [2.45, 2.75) is 89.5 Å². The number of ether oxygens (including phenoxy) is 4. The maximum Gasteiger partial charge on any atom is 0.252 e. The Kier molecular flexibility index (Phi) is 7.76. The highest BCUT2D eigenvalue weighted by Gasteiger charge is 2.58. The number of fused-ring (bicyclic) bond motifs is 1. The molecule has 4 rings (SSSR count). The van der Waals surface area contributed by atoms with Gasteiger partial charge in [0.25, 0.3) is 5.91 Å². The Morgan fingerprint density at radius 1 is 1.11 bits per heavy atom. The zero-order chi connectivity index (χ0) is 25.9. The maximum absolute atomic E-state index is 14.4. The van der Waals surface area contributed by atoms with Crippen LogP contribution in [-0.2, 0) is 37.0 Å². The van der Waals surface area contributed by atoms with Crippen molar-refractivity contribution in [1.29, 1.82) is 5.26 Å². The zero-order valence-corrected chi connectivity index (χ0v) is 21.1. The number of carbonyl (C=O) groups is 1. The lowest BCUT2D eigenvalue weighted by Crippen LogP contribution is -2.60. The first kappa shape index (κ1) is 26.2. The molecule has 2 aromatic rings. The number of carbonyl (C=O) groups excluding carboxylic acids is 1. The fourth-order valence-electron chi connectivity index (χ4n) is 4.89. The molecule has 2 aromatic carbocycles. The number of benzene rings is 2. The van der Waals surface area contributed by atoms with E-state index < -0.39 is 35.5 Å². The number of nitrogens with one attached hydrogen (secondary N) is 1. The van der Waals surface area contributed by atoms with Crippen molar-refractivity contribution in [3.8, 4) is 6.07 Å². The summed E-state index contributed by atoms with van der Waals surface area (Å²) in [5.74, 6) is -1.56. The minimum absolute atomic E-state index is 0.0796. The lowest BCUT2D eigenvalue weighted by atomic mass is 9.78. The van der Waals surface area contributed by atoms with E-state index in [2.05, 4.69) is 11.4 Å². The van der Waals surface area contributed by atoms with Crippen molar-refractivity contribution in [2.24, 2.45) is 0 Å². The molecule has 1 aliphatic carbocycles. The molecule has 0 bridgehead atoms. The molecule has 7 nitrogen and oxygen atoms in total. The molecule has 8 heteroatoms. The van der Waals surface area contributed by atoms with Crippen LogP contribution in [-0.4, -0.2) is 41.6 Å². The molecule has 0 unspecified atom stereocenters. The molecule has 2 fully saturated rings. The number of nitrogens with zero attached hydrogens (tertiary/aromatic N) is 1. The first-order valence-corrected chi connectivity index (χ1v) is 12.3. The van der Waals surface area contributed by atoms with E-state index in [1.165, 1.54) is 6.07 Å². The third kappa shape index (κ3) is 5.76. The van der Waals surface area contributed by atoms with Crippen LogP contribution in [0.5, 0.6) is 0 Å². The van der Waals surface area contributed by atoms with E-state index in [1.807, 2.05) is 39.8 Å². The molecule has 1 saturated carbocycles. The highest BCUT2D eigenvalue weighted by Crippen LogP contribution is 2.44. The van der Waals surface area contributed by atoms with Gasteiger partial charge in [0.2, 0.25) is 0 Å². The normalized spacial score (nSPS) is 26.9. The predicted octanol–water partition coefficient (Wildman–Crippen LogP) is 4.38. The lowest BCUT2D eigenvalue weighted by molar-refractivity contribution is -0.184. The van der Waals surface area contributed by atoms with Gasteiger partial charge in [-0.25, -0.2) is 4.39 Å². The van der Waals surface area contributed by atoms with Crippen LogP contribution >= 0.6 is 0 Å².